The van der Waals surface area contributed by atoms with Crippen LogP contribution in [-0.4, -0.2) is 14.3 Å². The van der Waals surface area contributed by atoms with Crippen LogP contribution in [0.3, 0.4) is 0 Å². The summed E-state index contributed by atoms with van der Waals surface area (Å²) >= 11 is 6.71. The van der Waals surface area contributed by atoms with Gasteiger partial charge in [0.05, 0.1) is 0 Å². The molecule has 0 spiro atoms. The summed E-state index contributed by atoms with van der Waals surface area (Å²) in [5, 5.41) is 9.04. The molecule has 1 saturated carbocycles. The summed E-state index contributed by atoms with van der Waals surface area (Å²) in [6, 6.07) is 0. The second-order valence-electron chi connectivity index (χ2n) is 3.52. The fourth-order valence-corrected chi connectivity index (χ4v) is 3.75. The predicted molar refractivity (Wildman–Crippen MR) is 54.6 cm³/mol. The van der Waals surface area contributed by atoms with Crippen molar-refractivity contribution in [3.63, 3.8) is 0 Å². The lowest BCUT2D eigenvalue weighted by Crippen LogP contribution is -2.19. The van der Waals surface area contributed by atoms with E-state index in [2.05, 4.69) is 38.4 Å². The SMILES string of the molecule is C=CC1(C(=O)O)C(C)(C)C1(Br)Br. The van der Waals surface area contributed by atoms with E-state index in [-0.39, 0.29) is 5.41 Å². The van der Waals surface area contributed by atoms with Gasteiger partial charge < -0.3 is 5.11 Å². The van der Waals surface area contributed by atoms with Gasteiger partial charge in [0, 0.05) is 5.41 Å². The maximum absolute atomic E-state index is 11.0. The van der Waals surface area contributed by atoms with Crippen molar-refractivity contribution >= 4 is 37.8 Å². The molecule has 1 atom stereocenters. The number of alkyl halides is 2. The molecule has 1 rings (SSSR count). The van der Waals surface area contributed by atoms with Gasteiger partial charge >= 0.3 is 5.97 Å². The van der Waals surface area contributed by atoms with Crippen LogP contribution in [0.15, 0.2) is 12.7 Å². The molecule has 0 bridgehead atoms. The summed E-state index contributed by atoms with van der Waals surface area (Å²) in [4.78, 5) is 11.0. The molecule has 0 aromatic carbocycles. The smallest absolute Gasteiger partial charge is 0.316 e. The Morgan fingerprint density at radius 2 is 1.83 bits per heavy atom. The van der Waals surface area contributed by atoms with Crippen LogP contribution in [0.4, 0.5) is 0 Å². The molecule has 0 aromatic rings. The largest absolute Gasteiger partial charge is 0.481 e. The average Bonchev–Trinajstić information content (AvgIpc) is 2.21. The van der Waals surface area contributed by atoms with Gasteiger partial charge in [0.2, 0.25) is 0 Å². The quantitative estimate of drug-likeness (QED) is 0.629. The highest BCUT2D eigenvalue weighted by molar-refractivity contribution is 9.25. The van der Waals surface area contributed by atoms with Crippen molar-refractivity contribution in [2.24, 2.45) is 10.8 Å². The number of carbonyl (C=O) groups is 1. The van der Waals surface area contributed by atoms with Crippen LogP contribution in [-0.2, 0) is 4.79 Å². The third kappa shape index (κ3) is 0.732. The lowest BCUT2D eigenvalue weighted by Gasteiger charge is -2.07. The summed E-state index contributed by atoms with van der Waals surface area (Å²) in [5.41, 5.74) is -1.26. The van der Waals surface area contributed by atoms with Crippen LogP contribution in [0, 0.1) is 10.8 Å². The molecule has 12 heavy (non-hydrogen) atoms. The first-order chi connectivity index (χ1) is 5.25. The molecule has 1 fully saturated rings. The van der Waals surface area contributed by atoms with Crippen LogP contribution in [0.25, 0.3) is 0 Å². The molecular formula is C8H10Br2O2. The van der Waals surface area contributed by atoms with Crippen molar-refractivity contribution < 1.29 is 9.90 Å². The third-order valence-corrected chi connectivity index (χ3v) is 6.08. The highest BCUT2D eigenvalue weighted by Gasteiger charge is 2.83. The standard InChI is InChI=1S/C8H10Br2O2/c1-4-7(5(11)12)6(2,3)8(7,9)10/h4H,1H2,2-3H3,(H,11,12). The van der Waals surface area contributed by atoms with E-state index in [9.17, 15) is 4.79 Å². The molecule has 4 heteroatoms. The van der Waals surface area contributed by atoms with Gasteiger partial charge in [-0.15, -0.1) is 6.58 Å². The number of halogens is 2. The maximum Gasteiger partial charge on any atom is 0.316 e. The number of aliphatic carboxylic acids is 1. The van der Waals surface area contributed by atoms with Crippen LogP contribution in [0.1, 0.15) is 13.8 Å². The molecule has 1 aliphatic carbocycles. The topological polar surface area (TPSA) is 37.3 Å². The zero-order valence-corrected chi connectivity index (χ0v) is 10.1. The third-order valence-electron chi connectivity index (χ3n) is 2.85. The molecule has 0 radical (unpaired) electrons. The first-order valence-electron chi connectivity index (χ1n) is 3.50. The monoisotopic (exact) mass is 296 g/mol. The minimum Gasteiger partial charge on any atom is -0.481 e. The van der Waals surface area contributed by atoms with Crippen molar-refractivity contribution in [1.29, 1.82) is 0 Å². The van der Waals surface area contributed by atoms with E-state index < -0.39 is 14.6 Å². The zero-order chi connectivity index (χ0) is 9.78. The summed E-state index contributed by atoms with van der Waals surface area (Å²) < 4.78 is -0.562. The first kappa shape index (κ1) is 10.3. The van der Waals surface area contributed by atoms with Crippen LogP contribution in [0.5, 0.6) is 0 Å². The fraction of sp³-hybridized carbons (Fsp3) is 0.625. The van der Waals surface area contributed by atoms with E-state index in [4.69, 9.17) is 5.11 Å². The van der Waals surface area contributed by atoms with Crippen LogP contribution >= 0.6 is 31.9 Å². The molecule has 0 heterocycles. The maximum atomic E-state index is 11.0. The Bertz CT molecular complexity index is 242. The predicted octanol–water partition coefficient (Wildman–Crippen LogP) is 2.77. The van der Waals surface area contributed by atoms with Gasteiger partial charge in [-0.05, 0) is 0 Å². The Hall–Kier alpha value is 0.170. The molecule has 0 aromatic heterocycles. The Kier molecular flexibility index (Phi) is 2.01. The number of hydrogen-bond donors (Lipinski definition) is 1. The van der Waals surface area contributed by atoms with E-state index in [1.54, 1.807) is 0 Å². The summed E-state index contributed by atoms with van der Waals surface area (Å²) in [5.74, 6) is -0.851. The van der Waals surface area contributed by atoms with Gasteiger partial charge in [0.1, 0.15) is 8.65 Å². The van der Waals surface area contributed by atoms with Crippen LogP contribution < -0.4 is 0 Å². The van der Waals surface area contributed by atoms with E-state index >= 15 is 0 Å². The van der Waals surface area contributed by atoms with Crippen molar-refractivity contribution in [2.45, 2.75) is 17.1 Å². The molecular weight excluding hydrogens is 288 g/mol. The number of carboxylic acid groups (broad SMARTS) is 1. The van der Waals surface area contributed by atoms with Gasteiger partial charge in [-0.3, -0.25) is 4.79 Å². The molecule has 2 nitrogen and oxygen atoms in total. The molecule has 1 N–H and O–H groups in total. The molecule has 0 amide bonds. The number of rotatable bonds is 2. The summed E-state index contributed by atoms with van der Waals surface area (Å²) in [6.45, 7) is 7.33. The van der Waals surface area contributed by atoms with Gasteiger partial charge in [0.15, 0.2) is 0 Å². The van der Waals surface area contributed by atoms with Crippen molar-refractivity contribution in [3.05, 3.63) is 12.7 Å². The molecule has 1 aliphatic rings. The summed E-state index contributed by atoms with van der Waals surface area (Å²) in [7, 11) is 0. The Balaban J connectivity index is 3.20. The minimum absolute atomic E-state index is 0.354. The fourth-order valence-electron chi connectivity index (χ4n) is 1.67. The van der Waals surface area contributed by atoms with Gasteiger partial charge in [-0.2, -0.15) is 0 Å². The number of carboxylic acids is 1. The normalized spacial score (nSPS) is 35.7. The van der Waals surface area contributed by atoms with Crippen molar-refractivity contribution in [2.75, 3.05) is 0 Å². The molecule has 0 aliphatic heterocycles. The highest BCUT2D eigenvalue weighted by atomic mass is 79.9. The highest BCUT2D eigenvalue weighted by Crippen LogP contribution is 2.80. The zero-order valence-electron chi connectivity index (χ0n) is 6.90. The van der Waals surface area contributed by atoms with Gasteiger partial charge in [-0.1, -0.05) is 51.8 Å². The molecule has 0 saturated heterocycles. The number of hydrogen-bond acceptors (Lipinski definition) is 1. The average molecular weight is 298 g/mol. The first-order valence-corrected chi connectivity index (χ1v) is 5.09. The molecule has 68 valence electrons. The van der Waals surface area contributed by atoms with Crippen molar-refractivity contribution in [3.8, 4) is 0 Å². The Labute approximate surface area is 88.3 Å². The minimum atomic E-state index is -0.903. The lowest BCUT2D eigenvalue weighted by atomic mass is 9.96. The van der Waals surface area contributed by atoms with E-state index in [0.717, 1.165) is 0 Å². The molecule has 1 unspecified atom stereocenters. The Morgan fingerprint density at radius 1 is 1.50 bits per heavy atom. The van der Waals surface area contributed by atoms with E-state index in [0.29, 0.717) is 0 Å². The van der Waals surface area contributed by atoms with Crippen molar-refractivity contribution in [1.82, 2.24) is 0 Å². The van der Waals surface area contributed by atoms with Crippen LogP contribution in [0.2, 0.25) is 0 Å². The lowest BCUT2D eigenvalue weighted by molar-refractivity contribution is -0.142. The van der Waals surface area contributed by atoms with E-state index in [1.807, 2.05) is 13.8 Å². The Morgan fingerprint density at radius 3 is 1.83 bits per heavy atom. The second-order valence-corrected chi connectivity index (χ2v) is 6.96. The van der Waals surface area contributed by atoms with Gasteiger partial charge in [0.25, 0.3) is 0 Å². The second kappa shape index (κ2) is 2.35. The summed E-state index contributed by atoms with van der Waals surface area (Å²) in [6.07, 6.45) is 1.48. The van der Waals surface area contributed by atoms with Gasteiger partial charge in [-0.25, -0.2) is 0 Å². The van der Waals surface area contributed by atoms with E-state index in [1.165, 1.54) is 6.08 Å².